The lowest BCUT2D eigenvalue weighted by molar-refractivity contribution is 0.355. The van der Waals surface area contributed by atoms with E-state index in [4.69, 9.17) is 14.5 Å². The highest BCUT2D eigenvalue weighted by Crippen LogP contribution is 2.32. The molecule has 0 spiro atoms. The predicted molar refractivity (Wildman–Crippen MR) is 120 cm³/mol. The molecule has 154 valence electrons. The van der Waals surface area contributed by atoms with Gasteiger partial charge in [-0.2, -0.15) is 0 Å². The number of ether oxygens (including phenoxy) is 2. The Kier molecular flexibility index (Phi) is 5.84. The number of hydrogen-bond donors (Lipinski definition) is 1. The number of nitrogens with zero attached hydrogens (tertiary/aromatic N) is 3. The molecule has 0 aliphatic heterocycles. The quantitative estimate of drug-likeness (QED) is 0.422. The summed E-state index contributed by atoms with van der Waals surface area (Å²) < 4.78 is 12.7. The van der Waals surface area contributed by atoms with Gasteiger partial charge in [0.15, 0.2) is 23.0 Å². The first kappa shape index (κ1) is 19.8. The van der Waals surface area contributed by atoms with Crippen molar-refractivity contribution in [1.82, 2.24) is 14.4 Å². The third kappa shape index (κ3) is 4.08. The highest BCUT2D eigenvalue weighted by Gasteiger charge is 2.11. The number of aromatic nitrogens is 3. The lowest BCUT2D eigenvalue weighted by atomic mass is 10.1. The summed E-state index contributed by atoms with van der Waals surface area (Å²) in [5, 5.41) is 3.38. The summed E-state index contributed by atoms with van der Waals surface area (Å²) in [5.74, 6) is 2.01. The summed E-state index contributed by atoms with van der Waals surface area (Å²) in [4.78, 5) is 9.32. The van der Waals surface area contributed by atoms with Crippen molar-refractivity contribution in [3.8, 4) is 22.8 Å². The summed E-state index contributed by atoms with van der Waals surface area (Å²) in [6.45, 7) is 2.21. The van der Waals surface area contributed by atoms with Crippen LogP contribution in [0, 0.1) is 0 Å². The Morgan fingerprint density at radius 2 is 1.80 bits per heavy atom. The first-order valence-electron chi connectivity index (χ1n) is 10.1. The number of aryl methyl sites for hydroxylation is 1. The van der Waals surface area contributed by atoms with Crippen molar-refractivity contribution in [2.45, 2.75) is 26.2 Å². The number of methoxy groups -OCH3 is 2. The number of benzene rings is 2. The molecular formula is C24H26N4O2. The number of hydrogen-bond acceptors (Lipinski definition) is 5. The average Bonchev–Trinajstić information content (AvgIpc) is 3.27. The van der Waals surface area contributed by atoms with E-state index in [-0.39, 0.29) is 0 Å². The van der Waals surface area contributed by atoms with Crippen LogP contribution < -0.4 is 14.8 Å². The lowest BCUT2D eigenvalue weighted by Crippen LogP contribution is -2.01. The molecule has 6 nitrogen and oxygen atoms in total. The zero-order valence-corrected chi connectivity index (χ0v) is 17.6. The van der Waals surface area contributed by atoms with Crippen LogP contribution in [0.1, 0.15) is 25.3 Å². The van der Waals surface area contributed by atoms with Crippen LogP contribution in [-0.2, 0) is 6.42 Å². The summed E-state index contributed by atoms with van der Waals surface area (Å²) in [6, 6.07) is 14.3. The minimum Gasteiger partial charge on any atom is -0.493 e. The van der Waals surface area contributed by atoms with Gasteiger partial charge in [-0.15, -0.1) is 0 Å². The van der Waals surface area contributed by atoms with Gasteiger partial charge < -0.3 is 19.2 Å². The normalized spacial score (nSPS) is 10.9. The highest BCUT2D eigenvalue weighted by atomic mass is 16.5. The van der Waals surface area contributed by atoms with Crippen molar-refractivity contribution in [1.29, 1.82) is 0 Å². The maximum atomic E-state index is 5.41. The molecule has 6 heteroatoms. The van der Waals surface area contributed by atoms with Crippen molar-refractivity contribution in [2.75, 3.05) is 19.5 Å². The molecule has 1 N–H and O–H groups in total. The average molecular weight is 402 g/mol. The maximum absolute atomic E-state index is 5.41. The Morgan fingerprint density at radius 3 is 2.53 bits per heavy atom. The third-order valence-corrected chi connectivity index (χ3v) is 5.09. The van der Waals surface area contributed by atoms with Crippen LogP contribution in [0.25, 0.3) is 16.9 Å². The Balaban J connectivity index is 1.68. The molecule has 2 heterocycles. The van der Waals surface area contributed by atoms with Gasteiger partial charge in [0, 0.05) is 35.9 Å². The third-order valence-electron chi connectivity index (χ3n) is 5.09. The molecule has 2 aromatic carbocycles. The van der Waals surface area contributed by atoms with Crippen molar-refractivity contribution in [2.24, 2.45) is 0 Å². The molecule has 0 bridgehead atoms. The lowest BCUT2D eigenvalue weighted by Gasteiger charge is -2.13. The van der Waals surface area contributed by atoms with E-state index in [1.54, 1.807) is 20.4 Å². The second-order valence-electron chi connectivity index (χ2n) is 7.13. The van der Waals surface area contributed by atoms with Gasteiger partial charge >= 0.3 is 0 Å². The van der Waals surface area contributed by atoms with Gasteiger partial charge in [0.1, 0.15) is 0 Å². The molecule has 0 aliphatic carbocycles. The fourth-order valence-corrected chi connectivity index (χ4v) is 3.43. The van der Waals surface area contributed by atoms with E-state index in [1.165, 1.54) is 18.4 Å². The van der Waals surface area contributed by atoms with E-state index in [9.17, 15) is 0 Å². The first-order chi connectivity index (χ1) is 14.7. The number of fused-ring (bicyclic) bond motifs is 1. The molecule has 4 aromatic rings. The van der Waals surface area contributed by atoms with Gasteiger partial charge in [-0.25, -0.2) is 9.97 Å². The zero-order valence-electron chi connectivity index (χ0n) is 17.6. The predicted octanol–water partition coefficient (Wildman–Crippen LogP) is 5.50. The van der Waals surface area contributed by atoms with Crippen molar-refractivity contribution < 1.29 is 9.47 Å². The van der Waals surface area contributed by atoms with Crippen LogP contribution in [0.3, 0.4) is 0 Å². The minimum atomic E-state index is 0.653. The second-order valence-corrected chi connectivity index (χ2v) is 7.13. The van der Waals surface area contributed by atoms with Gasteiger partial charge in [-0.3, -0.25) is 0 Å². The molecule has 0 amide bonds. The van der Waals surface area contributed by atoms with Gasteiger partial charge in [0.05, 0.1) is 19.9 Å². The molecule has 0 saturated heterocycles. The van der Waals surface area contributed by atoms with Crippen LogP contribution in [0.15, 0.2) is 61.1 Å². The van der Waals surface area contributed by atoms with E-state index in [1.807, 2.05) is 35.0 Å². The van der Waals surface area contributed by atoms with Gasteiger partial charge in [0.2, 0.25) is 0 Å². The second kappa shape index (κ2) is 8.86. The van der Waals surface area contributed by atoms with Crippen molar-refractivity contribution >= 4 is 17.2 Å². The van der Waals surface area contributed by atoms with Crippen LogP contribution in [0.2, 0.25) is 0 Å². The van der Waals surface area contributed by atoms with E-state index in [0.717, 1.165) is 29.0 Å². The van der Waals surface area contributed by atoms with Crippen LogP contribution in [0.4, 0.5) is 11.5 Å². The largest absolute Gasteiger partial charge is 0.493 e. The number of unbranched alkanes of at least 4 members (excludes halogenated alkanes) is 1. The van der Waals surface area contributed by atoms with E-state index < -0.39 is 0 Å². The van der Waals surface area contributed by atoms with Gasteiger partial charge in [-0.05, 0) is 30.5 Å². The molecule has 4 rings (SSSR count). The standard InChI is InChI=1S/C24H26N4O2/c1-4-5-6-17-7-9-18(10-8-17)20-16-28-14-13-25-24(28)23(27-20)26-19-11-12-21(29-2)22(15-19)30-3/h7-16H,4-6H2,1-3H3,(H,26,27). The number of nitrogens with one attached hydrogen (secondary N) is 1. The van der Waals surface area contributed by atoms with Crippen molar-refractivity contribution in [3.63, 3.8) is 0 Å². The topological polar surface area (TPSA) is 60.7 Å². The first-order valence-corrected chi connectivity index (χ1v) is 10.1. The molecule has 0 atom stereocenters. The fourth-order valence-electron chi connectivity index (χ4n) is 3.43. The Bertz CT molecular complexity index is 1140. The molecule has 0 radical (unpaired) electrons. The van der Waals surface area contributed by atoms with E-state index in [2.05, 4.69) is 41.5 Å². The van der Waals surface area contributed by atoms with E-state index in [0.29, 0.717) is 17.3 Å². The number of anilines is 2. The zero-order chi connectivity index (χ0) is 20.9. The number of imidazole rings is 1. The molecule has 0 aliphatic rings. The summed E-state index contributed by atoms with van der Waals surface area (Å²) >= 11 is 0. The number of rotatable bonds is 8. The summed E-state index contributed by atoms with van der Waals surface area (Å²) in [6.07, 6.45) is 9.22. The van der Waals surface area contributed by atoms with Crippen LogP contribution in [-0.4, -0.2) is 28.6 Å². The molecule has 0 saturated carbocycles. The molecule has 2 aromatic heterocycles. The molecule has 30 heavy (non-hydrogen) atoms. The van der Waals surface area contributed by atoms with Gasteiger partial charge in [-0.1, -0.05) is 37.6 Å². The summed E-state index contributed by atoms with van der Waals surface area (Å²) in [5.41, 5.74) is 4.91. The molecule has 0 fully saturated rings. The smallest absolute Gasteiger partial charge is 0.180 e. The highest BCUT2D eigenvalue weighted by molar-refractivity contribution is 5.74. The minimum absolute atomic E-state index is 0.653. The summed E-state index contributed by atoms with van der Waals surface area (Å²) in [7, 11) is 3.25. The van der Waals surface area contributed by atoms with Crippen LogP contribution in [0.5, 0.6) is 11.5 Å². The molecular weight excluding hydrogens is 376 g/mol. The monoisotopic (exact) mass is 402 g/mol. The maximum Gasteiger partial charge on any atom is 0.180 e. The fraction of sp³-hybridized carbons (Fsp3) is 0.250. The molecule has 0 unspecified atom stereocenters. The van der Waals surface area contributed by atoms with Gasteiger partial charge in [0.25, 0.3) is 0 Å². The Morgan fingerprint density at radius 1 is 1.00 bits per heavy atom. The van der Waals surface area contributed by atoms with Crippen molar-refractivity contribution in [3.05, 3.63) is 66.6 Å². The SMILES string of the molecule is CCCCc1ccc(-c2cn3ccnc3c(Nc3ccc(OC)c(OC)c3)n2)cc1. The Labute approximate surface area is 176 Å². The Hall–Kier alpha value is -3.54. The van der Waals surface area contributed by atoms with Crippen LogP contribution >= 0.6 is 0 Å². The van der Waals surface area contributed by atoms with E-state index >= 15 is 0 Å².